The van der Waals surface area contributed by atoms with Crippen molar-refractivity contribution >= 4 is 0 Å². The molecule has 3 aromatic carbocycles. The third-order valence-corrected chi connectivity index (χ3v) is 5.74. The van der Waals surface area contributed by atoms with E-state index in [0.29, 0.717) is 12.0 Å². The van der Waals surface area contributed by atoms with Crippen molar-refractivity contribution in [1.82, 2.24) is 4.90 Å². The van der Waals surface area contributed by atoms with Crippen molar-refractivity contribution in [2.24, 2.45) is 0 Å². The first-order valence-electron chi connectivity index (χ1n) is 9.56. The van der Waals surface area contributed by atoms with Crippen molar-refractivity contribution in [3.8, 4) is 0 Å². The Labute approximate surface area is 157 Å². The summed E-state index contributed by atoms with van der Waals surface area (Å²) in [6.07, 6.45) is 3.29. The molecular formula is C25H27N. The average molecular weight is 341 g/mol. The van der Waals surface area contributed by atoms with Crippen LogP contribution in [0, 0.1) is 0 Å². The van der Waals surface area contributed by atoms with Gasteiger partial charge in [-0.1, -0.05) is 78.9 Å². The molecule has 0 amide bonds. The first-order chi connectivity index (χ1) is 12.7. The predicted molar refractivity (Wildman–Crippen MR) is 110 cm³/mol. The number of likely N-dealkylation sites (N-methyl/N-ethyl adjacent to an activating group) is 1. The van der Waals surface area contributed by atoms with Crippen LogP contribution in [-0.2, 0) is 19.3 Å². The van der Waals surface area contributed by atoms with Crippen LogP contribution in [0.15, 0.2) is 78.9 Å². The van der Waals surface area contributed by atoms with Crippen LogP contribution in [-0.4, -0.2) is 25.0 Å². The number of hydrogen-bond acceptors (Lipinski definition) is 1. The van der Waals surface area contributed by atoms with Gasteiger partial charge in [0.25, 0.3) is 0 Å². The van der Waals surface area contributed by atoms with Gasteiger partial charge in [0, 0.05) is 12.0 Å². The first kappa shape index (κ1) is 17.1. The quantitative estimate of drug-likeness (QED) is 0.625. The summed E-state index contributed by atoms with van der Waals surface area (Å²) in [5.74, 6) is 0.584. The highest BCUT2D eigenvalue weighted by Crippen LogP contribution is 2.37. The van der Waals surface area contributed by atoms with E-state index in [1.807, 2.05) is 0 Å². The molecule has 132 valence electrons. The lowest BCUT2D eigenvalue weighted by molar-refractivity contribution is 0.265. The Morgan fingerprint density at radius 3 is 2.08 bits per heavy atom. The van der Waals surface area contributed by atoms with E-state index in [2.05, 4.69) is 97.9 Å². The molecule has 0 saturated carbocycles. The van der Waals surface area contributed by atoms with Gasteiger partial charge in [-0.3, -0.25) is 0 Å². The fourth-order valence-corrected chi connectivity index (χ4v) is 4.32. The van der Waals surface area contributed by atoms with Gasteiger partial charge < -0.3 is 4.90 Å². The molecule has 0 aliphatic heterocycles. The Hall–Kier alpha value is -2.38. The Morgan fingerprint density at radius 1 is 0.731 bits per heavy atom. The topological polar surface area (TPSA) is 3.24 Å². The molecule has 1 heteroatoms. The lowest BCUT2D eigenvalue weighted by Gasteiger charge is -2.27. The average Bonchev–Trinajstić information content (AvgIpc) is 3.03. The van der Waals surface area contributed by atoms with Crippen LogP contribution in [0.2, 0.25) is 0 Å². The first-order valence-corrected chi connectivity index (χ1v) is 9.56. The van der Waals surface area contributed by atoms with Crippen LogP contribution in [0.1, 0.15) is 33.7 Å². The Bertz CT molecular complexity index is 849. The van der Waals surface area contributed by atoms with E-state index in [1.165, 1.54) is 28.7 Å². The van der Waals surface area contributed by atoms with Gasteiger partial charge in [-0.15, -0.1) is 0 Å². The molecule has 3 aromatic rings. The van der Waals surface area contributed by atoms with E-state index in [0.717, 1.165) is 12.8 Å². The number of nitrogens with zero attached hydrogens (tertiary/aromatic N) is 1. The molecule has 0 bridgehead atoms. The molecule has 0 radical (unpaired) electrons. The maximum atomic E-state index is 2.40. The lowest BCUT2D eigenvalue weighted by atomic mass is 9.90. The second-order valence-electron chi connectivity index (χ2n) is 7.72. The maximum Gasteiger partial charge on any atom is 0.0202 e. The van der Waals surface area contributed by atoms with Crippen LogP contribution in [0.4, 0.5) is 0 Å². The molecule has 2 unspecified atom stereocenters. The van der Waals surface area contributed by atoms with Gasteiger partial charge >= 0.3 is 0 Å². The van der Waals surface area contributed by atoms with Crippen molar-refractivity contribution in [3.63, 3.8) is 0 Å². The summed E-state index contributed by atoms with van der Waals surface area (Å²) in [4.78, 5) is 2.40. The molecule has 0 N–H and O–H groups in total. The molecular weight excluding hydrogens is 314 g/mol. The van der Waals surface area contributed by atoms with Gasteiger partial charge in [0.05, 0.1) is 0 Å². The second kappa shape index (κ2) is 7.47. The lowest BCUT2D eigenvalue weighted by Crippen LogP contribution is -2.32. The summed E-state index contributed by atoms with van der Waals surface area (Å²) in [6, 6.07) is 29.5. The molecule has 1 aliphatic carbocycles. The third-order valence-electron chi connectivity index (χ3n) is 5.74. The van der Waals surface area contributed by atoms with Gasteiger partial charge in [-0.25, -0.2) is 0 Å². The molecule has 4 rings (SSSR count). The molecule has 0 spiro atoms. The molecule has 0 aromatic heterocycles. The van der Waals surface area contributed by atoms with Crippen molar-refractivity contribution in [1.29, 1.82) is 0 Å². The summed E-state index contributed by atoms with van der Waals surface area (Å²) in [5, 5.41) is 0. The summed E-state index contributed by atoms with van der Waals surface area (Å²) in [6.45, 7) is 0. The van der Waals surface area contributed by atoms with Crippen molar-refractivity contribution in [2.45, 2.75) is 31.2 Å². The van der Waals surface area contributed by atoms with Crippen LogP contribution >= 0.6 is 0 Å². The van der Waals surface area contributed by atoms with Crippen LogP contribution in [0.25, 0.3) is 0 Å². The number of benzene rings is 3. The fourth-order valence-electron chi connectivity index (χ4n) is 4.32. The monoisotopic (exact) mass is 341 g/mol. The van der Waals surface area contributed by atoms with E-state index in [-0.39, 0.29) is 0 Å². The summed E-state index contributed by atoms with van der Waals surface area (Å²) >= 11 is 0. The highest BCUT2D eigenvalue weighted by molar-refractivity contribution is 5.39. The Balaban J connectivity index is 1.51. The Kier molecular flexibility index (Phi) is 4.90. The van der Waals surface area contributed by atoms with Gasteiger partial charge in [0.1, 0.15) is 0 Å². The van der Waals surface area contributed by atoms with Gasteiger partial charge in [0.2, 0.25) is 0 Å². The molecule has 26 heavy (non-hydrogen) atoms. The van der Waals surface area contributed by atoms with E-state index < -0.39 is 0 Å². The Morgan fingerprint density at radius 2 is 1.35 bits per heavy atom. The minimum Gasteiger partial charge on any atom is -0.305 e. The number of fused-ring (bicyclic) bond motifs is 1. The fraction of sp³-hybridized carbons (Fsp3) is 0.280. The van der Waals surface area contributed by atoms with Crippen molar-refractivity contribution < 1.29 is 0 Å². The van der Waals surface area contributed by atoms with E-state index in [9.17, 15) is 0 Å². The zero-order valence-electron chi connectivity index (χ0n) is 15.7. The standard InChI is InChI=1S/C25H27N/c1-26(2)25-18-22-10-6-7-11-23(22)24(25)17-21-14-12-20(13-15-21)16-19-8-4-3-5-9-19/h3-15,24-25H,16-18H2,1-2H3. The van der Waals surface area contributed by atoms with E-state index >= 15 is 0 Å². The van der Waals surface area contributed by atoms with E-state index in [1.54, 1.807) is 5.56 Å². The van der Waals surface area contributed by atoms with Crippen LogP contribution in [0.5, 0.6) is 0 Å². The number of hydrogen-bond donors (Lipinski definition) is 0. The zero-order chi connectivity index (χ0) is 17.9. The van der Waals surface area contributed by atoms with Crippen LogP contribution in [0.3, 0.4) is 0 Å². The molecule has 1 aliphatic rings. The molecule has 1 nitrogen and oxygen atoms in total. The number of rotatable bonds is 5. The minimum absolute atomic E-state index is 0.584. The highest BCUT2D eigenvalue weighted by Gasteiger charge is 2.33. The SMILES string of the molecule is CN(C)C1Cc2ccccc2C1Cc1ccc(Cc2ccccc2)cc1. The maximum absolute atomic E-state index is 2.40. The zero-order valence-corrected chi connectivity index (χ0v) is 15.7. The molecule has 0 heterocycles. The third kappa shape index (κ3) is 3.59. The van der Waals surface area contributed by atoms with E-state index in [4.69, 9.17) is 0 Å². The molecule has 0 saturated heterocycles. The van der Waals surface area contributed by atoms with Gasteiger partial charge in [-0.05, 0) is 61.2 Å². The normalized spacial score (nSPS) is 18.9. The summed E-state index contributed by atoms with van der Waals surface area (Å²) < 4.78 is 0. The van der Waals surface area contributed by atoms with Gasteiger partial charge in [0.15, 0.2) is 0 Å². The van der Waals surface area contributed by atoms with Crippen molar-refractivity contribution in [3.05, 3.63) is 107 Å². The minimum atomic E-state index is 0.584. The van der Waals surface area contributed by atoms with Crippen LogP contribution < -0.4 is 0 Å². The highest BCUT2D eigenvalue weighted by atomic mass is 15.1. The second-order valence-corrected chi connectivity index (χ2v) is 7.72. The largest absolute Gasteiger partial charge is 0.305 e. The molecule has 2 atom stereocenters. The van der Waals surface area contributed by atoms with Gasteiger partial charge in [-0.2, -0.15) is 0 Å². The smallest absolute Gasteiger partial charge is 0.0202 e. The van der Waals surface area contributed by atoms with Crippen molar-refractivity contribution in [2.75, 3.05) is 14.1 Å². The summed E-state index contributed by atoms with van der Waals surface area (Å²) in [7, 11) is 4.43. The molecule has 0 fully saturated rings. The summed E-state index contributed by atoms with van der Waals surface area (Å²) in [5.41, 5.74) is 7.26. The predicted octanol–water partition coefficient (Wildman–Crippen LogP) is 5.09.